The van der Waals surface area contributed by atoms with Crippen LogP contribution in [0, 0.1) is 13.7 Å². The molecule has 3 aromatic carbocycles. The Morgan fingerprint density at radius 2 is 1.85 bits per heavy atom. The van der Waals surface area contributed by atoms with Crippen LogP contribution in [-0.2, 0) is 16.2 Å². The summed E-state index contributed by atoms with van der Waals surface area (Å²) in [6, 6.07) is 16.2. The second kappa shape index (κ2) is 12.8. The molecular formula is C27H22IN3O8S. The number of nitrogens with one attached hydrogen (secondary N) is 1. The molecule has 13 heteroatoms. The molecule has 0 bridgehead atoms. The topological polar surface area (TPSA) is 137 Å². The molecule has 1 fully saturated rings. The number of amides is 3. The lowest BCUT2D eigenvalue weighted by molar-refractivity contribution is -0.384. The van der Waals surface area contributed by atoms with Crippen LogP contribution in [0.1, 0.15) is 11.1 Å². The highest BCUT2D eigenvalue weighted by Gasteiger charge is 2.36. The van der Waals surface area contributed by atoms with Crippen molar-refractivity contribution in [1.29, 1.82) is 0 Å². The van der Waals surface area contributed by atoms with Gasteiger partial charge in [0.1, 0.15) is 18.9 Å². The van der Waals surface area contributed by atoms with E-state index in [0.717, 1.165) is 16.7 Å². The molecule has 0 saturated carbocycles. The molecule has 0 aliphatic carbocycles. The highest BCUT2D eigenvalue weighted by Crippen LogP contribution is 2.37. The van der Waals surface area contributed by atoms with Gasteiger partial charge in [0.05, 0.1) is 27.6 Å². The molecule has 11 nitrogen and oxygen atoms in total. The van der Waals surface area contributed by atoms with Gasteiger partial charge in [-0.25, -0.2) is 0 Å². The van der Waals surface area contributed by atoms with Crippen molar-refractivity contribution in [2.45, 2.75) is 6.61 Å². The van der Waals surface area contributed by atoms with Gasteiger partial charge in [-0.05, 0) is 88.0 Å². The molecule has 1 N–H and O–H groups in total. The lowest BCUT2D eigenvalue weighted by Crippen LogP contribution is -2.36. The van der Waals surface area contributed by atoms with Gasteiger partial charge in [0, 0.05) is 17.8 Å². The molecule has 1 aliphatic heterocycles. The fraction of sp³-hybridized carbons (Fsp3) is 0.148. The summed E-state index contributed by atoms with van der Waals surface area (Å²) in [6.07, 6.45) is 1.54. The molecule has 1 aliphatic rings. The molecule has 0 radical (unpaired) electrons. The van der Waals surface area contributed by atoms with E-state index in [0.29, 0.717) is 37.6 Å². The Hall–Kier alpha value is -4.11. The molecule has 0 aromatic heterocycles. The molecule has 4 rings (SSSR count). The summed E-state index contributed by atoms with van der Waals surface area (Å²) >= 11 is 2.79. The van der Waals surface area contributed by atoms with E-state index in [9.17, 15) is 24.5 Å². The minimum atomic E-state index is -0.583. The fourth-order valence-electron chi connectivity index (χ4n) is 3.68. The number of hydrogen-bond donors (Lipinski definition) is 1. The third kappa shape index (κ3) is 6.90. The number of hydrogen-bond acceptors (Lipinski definition) is 9. The predicted molar refractivity (Wildman–Crippen MR) is 157 cm³/mol. The maximum Gasteiger partial charge on any atom is 0.294 e. The SMILES string of the molecule is COc1ccc(NC(=O)CN2C(=O)S/C(=C/c3cc(I)c(OCc4cccc([N+](=O)[O-])c4)c(OC)c3)C2=O)cc1. The number of ether oxygens (including phenoxy) is 3. The van der Waals surface area contributed by atoms with Crippen molar-refractivity contribution in [2.24, 2.45) is 0 Å². The maximum absolute atomic E-state index is 12.9. The van der Waals surface area contributed by atoms with E-state index in [1.807, 2.05) is 0 Å². The molecule has 206 valence electrons. The molecule has 1 saturated heterocycles. The number of methoxy groups -OCH3 is 2. The van der Waals surface area contributed by atoms with Crippen LogP contribution in [0.4, 0.5) is 16.2 Å². The monoisotopic (exact) mass is 675 g/mol. The second-order valence-corrected chi connectivity index (χ2v) is 10.4. The van der Waals surface area contributed by atoms with E-state index in [4.69, 9.17) is 14.2 Å². The van der Waals surface area contributed by atoms with Gasteiger partial charge in [-0.3, -0.25) is 29.4 Å². The van der Waals surface area contributed by atoms with Gasteiger partial charge in [-0.1, -0.05) is 12.1 Å². The van der Waals surface area contributed by atoms with Crippen LogP contribution < -0.4 is 19.5 Å². The number of halogens is 1. The molecule has 40 heavy (non-hydrogen) atoms. The zero-order valence-electron chi connectivity index (χ0n) is 21.2. The van der Waals surface area contributed by atoms with Crippen LogP contribution in [0.5, 0.6) is 17.2 Å². The Labute approximate surface area is 246 Å². The Kier molecular flexibility index (Phi) is 9.26. The number of nitro benzene ring substituents is 1. The molecular weight excluding hydrogens is 653 g/mol. The first-order chi connectivity index (χ1) is 19.2. The Morgan fingerprint density at radius 1 is 1.10 bits per heavy atom. The van der Waals surface area contributed by atoms with Crippen LogP contribution in [0.15, 0.2) is 65.6 Å². The lowest BCUT2D eigenvalue weighted by atomic mass is 10.1. The van der Waals surface area contributed by atoms with Crippen molar-refractivity contribution in [3.05, 3.63) is 90.4 Å². The van der Waals surface area contributed by atoms with Crippen LogP contribution in [0.3, 0.4) is 0 Å². The van der Waals surface area contributed by atoms with Crippen molar-refractivity contribution in [3.8, 4) is 17.2 Å². The molecule has 3 amide bonds. The van der Waals surface area contributed by atoms with Gasteiger partial charge in [-0.2, -0.15) is 0 Å². The van der Waals surface area contributed by atoms with Crippen molar-refractivity contribution in [1.82, 2.24) is 4.90 Å². The Balaban J connectivity index is 1.45. The summed E-state index contributed by atoms with van der Waals surface area (Å²) < 4.78 is 17.1. The maximum atomic E-state index is 12.9. The van der Waals surface area contributed by atoms with Gasteiger partial charge in [0.25, 0.3) is 16.8 Å². The second-order valence-electron chi connectivity index (χ2n) is 8.29. The number of rotatable bonds is 10. The number of imide groups is 1. The van der Waals surface area contributed by atoms with E-state index in [1.54, 1.807) is 54.6 Å². The zero-order chi connectivity index (χ0) is 28.8. The van der Waals surface area contributed by atoms with Gasteiger partial charge in [0.2, 0.25) is 5.91 Å². The Bertz CT molecular complexity index is 1510. The van der Waals surface area contributed by atoms with Crippen molar-refractivity contribution in [2.75, 3.05) is 26.1 Å². The zero-order valence-corrected chi connectivity index (χ0v) is 24.2. The number of anilines is 1. The van der Waals surface area contributed by atoms with Crippen LogP contribution >= 0.6 is 34.4 Å². The van der Waals surface area contributed by atoms with E-state index in [2.05, 4.69) is 27.9 Å². The summed E-state index contributed by atoms with van der Waals surface area (Å²) in [4.78, 5) is 49.6. The first-order valence-electron chi connectivity index (χ1n) is 11.6. The first kappa shape index (κ1) is 28.9. The summed E-state index contributed by atoms with van der Waals surface area (Å²) in [5.74, 6) is 0.328. The van der Waals surface area contributed by atoms with E-state index in [-0.39, 0.29) is 17.2 Å². The van der Waals surface area contributed by atoms with E-state index in [1.165, 1.54) is 26.4 Å². The number of thioether (sulfide) groups is 1. The average Bonchev–Trinajstić information content (AvgIpc) is 3.19. The summed E-state index contributed by atoms with van der Waals surface area (Å²) in [5.41, 5.74) is 1.66. The predicted octanol–water partition coefficient (Wildman–Crippen LogP) is 5.47. The number of nitro groups is 1. The van der Waals surface area contributed by atoms with Crippen molar-refractivity contribution >= 4 is 68.9 Å². The van der Waals surface area contributed by atoms with Gasteiger partial charge in [-0.15, -0.1) is 0 Å². The highest BCUT2D eigenvalue weighted by atomic mass is 127. The molecule has 0 unspecified atom stereocenters. The Morgan fingerprint density at radius 3 is 2.52 bits per heavy atom. The lowest BCUT2D eigenvalue weighted by Gasteiger charge is -2.14. The summed E-state index contributed by atoms with van der Waals surface area (Å²) in [5, 5.41) is 13.1. The van der Waals surface area contributed by atoms with Gasteiger partial charge in [0.15, 0.2) is 11.5 Å². The van der Waals surface area contributed by atoms with Crippen LogP contribution in [-0.4, -0.2) is 47.6 Å². The van der Waals surface area contributed by atoms with Crippen LogP contribution in [0.25, 0.3) is 6.08 Å². The normalized spacial score (nSPS) is 13.9. The number of non-ortho nitro benzene ring substituents is 1. The van der Waals surface area contributed by atoms with Crippen molar-refractivity contribution in [3.63, 3.8) is 0 Å². The average molecular weight is 675 g/mol. The summed E-state index contributed by atoms with van der Waals surface area (Å²) in [6.45, 7) is -0.357. The van der Waals surface area contributed by atoms with E-state index >= 15 is 0 Å². The highest BCUT2D eigenvalue weighted by molar-refractivity contribution is 14.1. The number of benzene rings is 3. The summed E-state index contributed by atoms with van der Waals surface area (Å²) in [7, 11) is 2.99. The standard InChI is InChI=1S/C27H22IN3O8S/c1-37-20-8-6-18(7-9-20)29-24(32)14-30-26(33)23(40-27(30)34)13-17-11-21(28)25(22(12-17)38-2)39-15-16-4-3-5-19(10-16)31(35)36/h3-13H,14-15H2,1-2H3,(H,29,32)/b23-13+. The van der Waals surface area contributed by atoms with Gasteiger partial charge < -0.3 is 19.5 Å². The van der Waals surface area contributed by atoms with E-state index < -0.39 is 28.5 Å². The fourth-order valence-corrected chi connectivity index (χ4v) is 5.30. The van der Waals surface area contributed by atoms with Crippen LogP contribution in [0.2, 0.25) is 0 Å². The third-order valence-corrected chi connectivity index (χ3v) is 7.31. The number of carbonyl (C=O) groups excluding carboxylic acids is 3. The first-order valence-corrected chi connectivity index (χ1v) is 13.5. The minimum absolute atomic E-state index is 0.0368. The molecule has 3 aromatic rings. The molecule has 1 heterocycles. The smallest absolute Gasteiger partial charge is 0.294 e. The van der Waals surface area contributed by atoms with Gasteiger partial charge >= 0.3 is 0 Å². The third-order valence-electron chi connectivity index (χ3n) is 5.60. The molecule has 0 spiro atoms. The molecule has 0 atom stereocenters. The van der Waals surface area contributed by atoms with Crippen molar-refractivity contribution < 1.29 is 33.5 Å². The quantitative estimate of drug-likeness (QED) is 0.128. The number of carbonyl (C=O) groups is 3. The number of nitrogens with zero attached hydrogens (tertiary/aromatic N) is 2. The minimum Gasteiger partial charge on any atom is -0.497 e. The largest absolute Gasteiger partial charge is 0.497 e.